The summed E-state index contributed by atoms with van der Waals surface area (Å²) < 4.78 is 5.94. The van der Waals surface area contributed by atoms with Gasteiger partial charge in [-0.25, -0.2) is 5.43 Å². The van der Waals surface area contributed by atoms with Crippen LogP contribution in [-0.4, -0.2) is 0 Å². The molecular formula is C16H22N2O. The van der Waals surface area contributed by atoms with Gasteiger partial charge in [0, 0.05) is 5.39 Å². The minimum atomic E-state index is 0.135. The lowest BCUT2D eigenvalue weighted by molar-refractivity contribution is 0.354. The Labute approximate surface area is 114 Å². The van der Waals surface area contributed by atoms with Gasteiger partial charge in [-0.1, -0.05) is 37.3 Å². The second kappa shape index (κ2) is 5.35. The Morgan fingerprint density at radius 3 is 2.84 bits per heavy atom. The first-order chi connectivity index (χ1) is 9.26. The number of nitrogens with one attached hydrogen (secondary N) is 1. The number of hydrogen-bond donors (Lipinski definition) is 2. The monoisotopic (exact) mass is 258 g/mol. The molecule has 1 aromatic heterocycles. The summed E-state index contributed by atoms with van der Waals surface area (Å²) in [5.41, 5.74) is 5.14. The fourth-order valence-corrected chi connectivity index (χ4v) is 3.20. The van der Waals surface area contributed by atoms with Crippen LogP contribution >= 0.6 is 0 Å². The van der Waals surface area contributed by atoms with Crippen molar-refractivity contribution in [3.8, 4) is 0 Å². The van der Waals surface area contributed by atoms with Crippen LogP contribution in [0.3, 0.4) is 0 Å². The Morgan fingerprint density at radius 2 is 2.11 bits per heavy atom. The second-order valence-electron chi connectivity index (χ2n) is 5.80. The van der Waals surface area contributed by atoms with Gasteiger partial charge in [-0.15, -0.1) is 0 Å². The summed E-state index contributed by atoms with van der Waals surface area (Å²) in [5.74, 6) is 7.48. The number of benzene rings is 1. The normalized spacial score (nSPS) is 18.2. The molecule has 1 aromatic carbocycles. The number of nitrogens with two attached hydrogens (primary N) is 1. The Bertz CT molecular complexity index is 555. The number of hydrazine groups is 1. The maximum Gasteiger partial charge on any atom is 0.134 e. The molecule has 3 rings (SSSR count). The van der Waals surface area contributed by atoms with Gasteiger partial charge in [0.25, 0.3) is 0 Å². The highest BCUT2D eigenvalue weighted by atomic mass is 16.3. The van der Waals surface area contributed by atoms with Crippen LogP contribution in [-0.2, 0) is 0 Å². The van der Waals surface area contributed by atoms with Gasteiger partial charge >= 0.3 is 0 Å². The maximum atomic E-state index is 5.94. The van der Waals surface area contributed by atoms with Crippen molar-refractivity contribution in [2.45, 2.75) is 45.1 Å². The zero-order valence-electron chi connectivity index (χ0n) is 11.5. The summed E-state index contributed by atoms with van der Waals surface area (Å²) in [4.78, 5) is 0. The van der Waals surface area contributed by atoms with Gasteiger partial charge in [-0.05, 0) is 37.5 Å². The molecule has 1 saturated carbocycles. The van der Waals surface area contributed by atoms with Crippen molar-refractivity contribution in [2.75, 3.05) is 0 Å². The van der Waals surface area contributed by atoms with Crippen molar-refractivity contribution in [3.63, 3.8) is 0 Å². The van der Waals surface area contributed by atoms with Crippen LogP contribution in [0.2, 0.25) is 0 Å². The summed E-state index contributed by atoms with van der Waals surface area (Å²) in [6.45, 7) is 2.10. The minimum Gasteiger partial charge on any atom is -0.459 e. The molecule has 3 heteroatoms. The van der Waals surface area contributed by atoms with E-state index in [2.05, 4.69) is 30.5 Å². The SMILES string of the molecule is Cc1ccc2oc(C(CC3CCCC3)NN)cc2c1. The molecule has 1 atom stereocenters. The molecule has 0 saturated heterocycles. The molecule has 0 aliphatic heterocycles. The summed E-state index contributed by atoms with van der Waals surface area (Å²) in [5, 5.41) is 1.17. The van der Waals surface area contributed by atoms with Crippen LogP contribution in [0.25, 0.3) is 11.0 Å². The first-order valence-electron chi connectivity index (χ1n) is 7.22. The molecule has 0 amide bonds. The average molecular weight is 258 g/mol. The minimum absolute atomic E-state index is 0.135. The zero-order valence-corrected chi connectivity index (χ0v) is 11.5. The Kier molecular flexibility index (Phi) is 3.58. The topological polar surface area (TPSA) is 51.2 Å². The van der Waals surface area contributed by atoms with Gasteiger partial charge < -0.3 is 4.42 Å². The number of aryl methyl sites for hydroxylation is 1. The molecule has 1 aliphatic carbocycles. The van der Waals surface area contributed by atoms with Crippen molar-refractivity contribution in [1.29, 1.82) is 0 Å². The van der Waals surface area contributed by atoms with Crippen LogP contribution < -0.4 is 11.3 Å². The largest absolute Gasteiger partial charge is 0.459 e. The molecule has 0 radical (unpaired) electrons. The van der Waals surface area contributed by atoms with E-state index >= 15 is 0 Å². The van der Waals surface area contributed by atoms with Crippen LogP contribution in [0.5, 0.6) is 0 Å². The van der Waals surface area contributed by atoms with Crippen molar-refractivity contribution >= 4 is 11.0 Å². The molecule has 3 N–H and O–H groups in total. The second-order valence-corrected chi connectivity index (χ2v) is 5.80. The van der Waals surface area contributed by atoms with E-state index in [1.807, 2.05) is 6.07 Å². The molecule has 2 aromatic rings. The van der Waals surface area contributed by atoms with E-state index in [0.29, 0.717) is 0 Å². The third-order valence-electron chi connectivity index (χ3n) is 4.28. The highest BCUT2D eigenvalue weighted by Crippen LogP contribution is 2.34. The van der Waals surface area contributed by atoms with Gasteiger partial charge in [-0.2, -0.15) is 0 Å². The molecule has 102 valence electrons. The van der Waals surface area contributed by atoms with Crippen molar-refractivity contribution in [2.24, 2.45) is 11.8 Å². The van der Waals surface area contributed by atoms with E-state index in [1.165, 1.54) is 36.6 Å². The fraction of sp³-hybridized carbons (Fsp3) is 0.500. The lowest BCUT2D eigenvalue weighted by Crippen LogP contribution is -2.29. The van der Waals surface area contributed by atoms with Gasteiger partial charge in [0.1, 0.15) is 11.3 Å². The van der Waals surface area contributed by atoms with E-state index in [1.54, 1.807) is 0 Å². The predicted molar refractivity (Wildman–Crippen MR) is 77.6 cm³/mol. The zero-order chi connectivity index (χ0) is 13.2. The van der Waals surface area contributed by atoms with E-state index in [9.17, 15) is 0 Å². The van der Waals surface area contributed by atoms with Crippen molar-refractivity contribution in [3.05, 3.63) is 35.6 Å². The first kappa shape index (κ1) is 12.7. The average Bonchev–Trinajstić information content (AvgIpc) is 3.03. The Balaban J connectivity index is 1.83. The molecule has 3 nitrogen and oxygen atoms in total. The molecule has 1 heterocycles. The standard InChI is InChI=1S/C16H22N2O/c1-11-6-7-15-13(8-11)10-16(19-15)14(18-17)9-12-4-2-3-5-12/h6-8,10,12,14,18H,2-5,9,17H2,1H3. The van der Waals surface area contributed by atoms with Gasteiger partial charge in [0.15, 0.2) is 0 Å². The molecule has 1 aliphatic rings. The Morgan fingerprint density at radius 1 is 1.32 bits per heavy atom. The summed E-state index contributed by atoms with van der Waals surface area (Å²) in [6.07, 6.45) is 6.47. The quantitative estimate of drug-likeness (QED) is 0.647. The summed E-state index contributed by atoms with van der Waals surface area (Å²) in [6, 6.07) is 8.54. The molecule has 0 bridgehead atoms. The number of hydrogen-bond acceptors (Lipinski definition) is 3. The lowest BCUT2D eigenvalue weighted by atomic mass is 9.97. The van der Waals surface area contributed by atoms with E-state index in [4.69, 9.17) is 10.3 Å². The number of furan rings is 1. The van der Waals surface area contributed by atoms with Crippen LogP contribution in [0, 0.1) is 12.8 Å². The van der Waals surface area contributed by atoms with Gasteiger partial charge in [0.05, 0.1) is 6.04 Å². The number of fused-ring (bicyclic) bond motifs is 1. The van der Waals surface area contributed by atoms with Crippen LogP contribution in [0.15, 0.2) is 28.7 Å². The smallest absolute Gasteiger partial charge is 0.134 e. The third kappa shape index (κ3) is 2.67. The fourth-order valence-electron chi connectivity index (χ4n) is 3.20. The molecule has 1 unspecified atom stereocenters. The number of rotatable bonds is 4. The van der Waals surface area contributed by atoms with Crippen LogP contribution in [0.4, 0.5) is 0 Å². The highest BCUT2D eigenvalue weighted by Gasteiger charge is 2.22. The third-order valence-corrected chi connectivity index (χ3v) is 4.28. The van der Waals surface area contributed by atoms with E-state index < -0.39 is 0 Å². The van der Waals surface area contributed by atoms with E-state index in [0.717, 1.165) is 23.7 Å². The van der Waals surface area contributed by atoms with Gasteiger partial charge in [-0.3, -0.25) is 5.84 Å². The maximum absolute atomic E-state index is 5.94. The summed E-state index contributed by atoms with van der Waals surface area (Å²) in [7, 11) is 0. The Hall–Kier alpha value is -1.32. The van der Waals surface area contributed by atoms with E-state index in [-0.39, 0.29) is 6.04 Å². The predicted octanol–water partition coefficient (Wildman–Crippen LogP) is 3.83. The summed E-state index contributed by atoms with van der Waals surface area (Å²) >= 11 is 0. The molecule has 0 spiro atoms. The van der Waals surface area contributed by atoms with Crippen molar-refractivity contribution < 1.29 is 4.42 Å². The molecule has 1 fully saturated rings. The van der Waals surface area contributed by atoms with Crippen molar-refractivity contribution in [1.82, 2.24) is 5.43 Å². The van der Waals surface area contributed by atoms with Gasteiger partial charge in [0.2, 0.25) is 0 Å². The highest BCUT2D eigenvalue weighted by molar-refractivity contribution is 5.78. The molecular weight excluding hydrogens is 236 g/mol. The molecule has 19 heavy (non-hydrogen) atoms. The first-order valence-corrected chi connectivity index (χ1v) is 7.22. The lowest BCUT2D eigenvalue weighted by Gasteiger charge is -2.17. The van der Waals surface area contributed by atoms with Crippen LogP contribution in [0.1, 0.15) is 49.5 Å².